The maximum absolute atomic E-state index is 5.42. The minimum Gasteiger partial charge on any atom is -0.329 e. The van der Waals surface area contributed by atoms with Gasteiger partial charge in [-0.1, -0.05) is 0 Å². The Labute approximate surface area is 56.0 Å². The van der Waals surface area contributed by atoms with E-state index in [1.54, 1.807) is 0 Å². The topological polar surface area (TPSA) is 50.1 Å². The van der Waals surface area contributed by atoms with Gasteiger partial charge in [0, 0.05) is 31.7 Å². The second-order valence-electron chi connectivity index (χ2n) is 2.66. The van der Waals surface area contributed by atoms with Crippen LogP contribution in [-0.4, -0.2) is 31.7 Å². The van der Waals surface area contributed by atoms with E-state index in [0.717, 1.165) is 19.6 Å². The summed E-state index contributed by atoms with van der Waals surface area (Å²) in [6.45, 7) is 5.05. The lowest BCUT2D eigenvalue weighted by Gasteiger charge is -2.30. The molecule has 0 aromatic rings. The standard InChI is InChI=1S/C6H15N3/c1-5(2-7)9-6-3-8-4-6/h5-6,8-9H,2-4,7H2,1H3. The van der Waals surface area contributed by atoms with E-state index in [4.69, 9.17) is 5.73 Å². The van der Waals surface area contributed by atoms with Gasteiger partial charge in [-0.25, -0.2) is 0 Å². The van der Waals surface area contributed by atoms with Crippen LogP contribution in [0.1, 0.15) is 6.92 Å². The highest BCUT2D eigenvalue weighted by atomic mass is 15.1. The van der Waals surface area contributed by atoms with Crippen molar-refractivity contribution in [1.82, 2.24) is 10.6 Å². The predicted molar refractivity (Wildman–Crippen MR) is 38.3 cm³/mol. The van der Waals surface area contributed by atoms with E-state index >= 15 is 0 Å². The molecular weight excluding hydrogens is 114 g/mol. The highest BCUT2D eigenvalue weighted by Gasteiger charge is 2.16. The smallest absolute Gasteiger partial charge is 0.0320 e. The minimum absolute atomic E-state index is 0.470. The summed E-state index contributed by atoms with van der Waals surface area (Å²) in [4.78, 5) is 0. The fourth-order valence-electron chi connectivity index (χ4n) is 0.877. The first-order valence-electron chi connectivity index (χ1n) is 3.49. The Bertz CT molecular complexity index is 77.6. The Balaban J connectivity index is 2.01. The van der Waals surface area contributed by atoms with Crippen LogP contribution < -0.4 is 16.4 Å². The lowest BCUT2D eigenvalue weighted by Crippen LogP contribution is -2.58. The second-order valence-corrected chi connectivity index (χ2v) is 2.66. The molecule has 1 unspecified atom stereocenters. The largest absolute Gasteiger partial charge is 0.329 e. The van der Waals surface area contributed by atoms with Crippen molar-refractivity contribution in [3.05, 3.63) is 0 Å². The van der Waals surface area contributed by atoms with Crippen molar-refractivity contribution in [3.8, 4) is 0 Å². The van der Waals surface area contributed by atoms with Crippen LogP contribution in [0.5, 0.6) is 0 Å². The van der Waals surface area contributed by atoms with Crippen LogP contribution >= 0.6 is 0 Å². The molecule has 0 aromatic carbocycles. The zero-order chi connectivity index (χ0) is 6.69. The molecule has 1 atom stereocenters. The van der Waals surface area contributed by atoms with Crippen LogP contribution in [0.3, 0.4) is 0 Å². The molecule has 0 aliphatic carbocycles. The van der Waals surface area contributed by atoms with Gasteiger partial charge in [0.15, 0.2) is 0 Å². The van der Waals surface area contributed by atoms with Gasteiger partial charge in [0.25, 0.3) is 0 Å². The average molecular weight is 129 g/mol. The van der Waals surface area contributed by atoms with Crippen molar-refractivity contribution < 1.29 is 0 Å². The first-order chi connectivity index (χ1) is 4.33. The van der Waals surface area contributed by atoms with Gasteiger partial charge in [0.2, 0.25) is 0 Å². The Morgan fingerprint density at radius 1 is 1.78 bits per heavy atom. The Hall–Kier alpha value is -0.120. The number of hydrogen-bond donors (Lipinski definition) is 3. The van der Waals surface area contributed by atoms with Gasteiger partial charge in [-0.2, -0.15) is 0 Å². The normalized spacial score (nSPS) is 23.3. The molecule has 1 aliphatic heterocycles. The van der Waals surface area contributed by atoms with Crippen LogP contribution in [-0.2, 0) is 0 Å². The molecule has 0 saturated carbocycles. The van der Waals surface area contributed by atoms with Crippen LogP contribution in [0, 0.1) is 0 Å². The molecule has 1 heterocycles. The van der Waals surface area contributed by atoms with Crippen LogP contribution in [0.4, 0.5) is 0 Å². The van der Waals surface area contributed by atoms with Gasteiger partial charge in [-0.15, -0.1) is 0 Å². The summed E-state index contributed by atoms with van der Waals surface area (Å²) in [5, 5.41) is 6.57. The van der Waals surface area contributed by atoms with Gasteiger partial charge in [-0.3, -0.25) is 0 Å². The van der Waals surface area contributed by atoms with E-state index in [0.29, 0.717) is 12.1 Å². The summed E-state index contributed by atoms with van der Waals surface area (Å²) in [6.07, 6.45) is 0. The highest BCUT2D eigenvalue weighted by Crippen LogP contribution is 1.91. The van der Waals surface area contributed by atoms with Gasteiger partial charge >= 0.3 is 0 Å². The van der Waals surface area contributed by atoms with E-state index < -0.39 is 0 Å². The number of hydrogen-bond acceptors (Lipinski definition) is 3. The van der Waals surface area contributed by atoms with Crippen LogP contribution in [0.25, 0.3) is 0 Å². The third-order valence-electron chi connectivity index (χ3n) is 1.66. The Morgan fingerprint density at radius 3 is 2.78 bits per heavy atom. The van der Waals surface area contributed by atoms with Gasteiger partial charge in [-0.05, 0) is 6.92 Å². The molecule has 0 radical (unpaired) electrons. The summed E-state index contributed by atoms with van der Waals surface area (Å²) in [7, 11) is 0. The SMILES string of the molecule is CC(CN)NC1CNC1. The Morgan fingerprint density at radius 2 is 2.44 bits per heavy atom. The molecule has 1 rings (SSSR count). The van der Waals surface area contributed by atoms with Crippen LogP contribution in [0.2, 0.25) is 0 Å². The summed E-state index contributed by atoms with van der Waals surface area (Å²) >= 11 is 0. The van der Waals surface area contributed by atoms with Gasteiger partial charge in [0.05, 0.1) is 0 Å². The molecule has 0 bridgehead atoms. The molecule has 3 nitrogen and oxygen atoms in total. The third-order valence-corrected chi connectivity index (χ3v) is 1.66. The molecule has 4 N–H and O–H groups in total. The van der Waals surface area contributed by atoms with Crippen molar-refractivity contribution in [2.24, 2.45) is 5.73 Å². The monoisotopic (exact) mass is 129 g/mol. The predicted octanol–water partition coefficient (Wildman–Crippen LogP) is -1.10. The number of rotatable bonds is 3. The van der Waals surface area contributed by atoms with Gasteiger partial charge < -0.3 is 16.4 Å². The van der Waals surface area contributed by atoms with E-state index in [9.17, 15) is 0 Å². The third kappa shape index (κ3) is 1.93. The quantitative estimate of drug-likeness (QED) is 0.453. The first-order valence-corrected chi connectivity index (χ1v) is 3.49. The number of nitrogens with two attached hydrogens (primary N) is 1. The average Bonchev–Trinajstić information content (AvgIpc) is 1.78. The zero-order valence-corrected chi connectivity index (χ0v) is 5.85. The minimum atomic E-state index is 0.470. The fourth-order valence-corrected chi connectivity index (χ4v) is 0.877. The molecule has 0 aromatic heterocycles. The summed E-state index contributed by atoms with van der Waals surface area (Å²) in [5.41, 5.74) is 5.42. The molecule has 1 aliphatic rings. The molecule has 54 valence electrons. The van der Waals surface area contributed by atoms with E-state index in [2.05, 4.69) is 17.6 Å². The lowest BCUT2D eigenvalue weighted by molar-refractivity contribution is 0.338. The molecule has 1 fully saturated rings. The number of nitrogens with one attached hydrogen (secondary N) is 2. The second kappa shape index (κ2) is 3.15. The van der Waals surface area contributed by atoms with Crippen molar-refractivity contribution in [1.29, 1.82) is 0 Å². The first kappa shape index (κ1) is 6.99. The fraction of sp³-hybridized carbons (Fsp3) is 1.00. The van der Waals surface area contributed by atoms with Crippen molar-refractivity contribution in [3.63, 3.8) is 0 Å². The zero-order valence-electron chi connectivity index (χ0n) is 5.85. The summed E-state index contributed by atoms with van der Waals surface area (Å²) < 4.78 is 0. The molecule has 0 spiro atoms. The highest BCUT2D eigenvalue weighted by molar-refractivity contribution is 4.83. The molecule has 3 heteroatoms. The molecule has 9 heavy (non-hydrogen) atoms. The van der Waals surface area contributed by atoms with Crippen molar-refractivity contribution in [2.45, 2.75) is 19.0 Å². The molecular formula is C6H15N3. The van der Waals surface area contributed by atoms with E-state index in [1.807, 2.05) is 0 Å². The molecule has 0 amide bonds. The van der Waals surface area contributed by atoms with Crippen LogP contribution in [0.15, 0.2) is 0 Å². The van der Waals surface area contributed by atoms with E-state index in [-0.39, 0.29) is 0 Å². The maximum Gasteiger partial charge on any atom is 0.0320 e. The summed E-state index contributed by atoms with van der Waals surface area (Å²) in [6, 6.07) is 1.14. The van der Waals surface area contributed by atoms with E-state index in [1.165, 1.54) is 0 Å². The molecule has 1 saturated heterocycles. The van der Waals surface area contributed by atoms with Crippen molar-refractivity contribution in [2.75, 3.05) is 19.6 Å². The lowest BCUT2D eigenvalue weighted by atomic mass is 10.1. The summed E-state index contributed by atoms with van der Waals surface area (Å²) in [5.74, 6) is 0. The van der Waals surface area contributed by atoms with Gasteiger partial charge in [0.1, 0.15) is 0 Å². The van der Waals surface area contributed by atoms with Crippen molar-refractivity contribution >= 4 is 0 Å². The Kier molecular flexibility index (Phi) is 2.45. The maximum atomic E-state index is 5.42.